The summed E-state index contributed by atoms with van der Waals surface area (Å²) in [7, 11) is -9.41. The van der Waals surface area contributed by atoms with Crippen LogP contribution in [0.4, 0.5) is 0 Å². The van der Waals surface area contributed by atoms with Gasteiger partial charge in [0.2, 0.25) is 0 Å². The van der Waals surface area contributed by atoms with Crippen LogP contribution >= 0.6 is 15.2 Å². The summed E-state index contributed by atoms with van der Waals surface area (Å²) < 4.78 is 23.1. The van der Waals surface area contributed by atoms with Gasteiger partial charge in [-0.15, -0.1) is 0 Å². The third kappa shape index (κ3) is 16.6. The number of hydrogen-bond acceptors (Lipinski definition) is 8. The SMILES string of the molecule is CCCCCCNC(c1ccccc1CC)P(=O)([O-])[O-].CCCCCCNC(c1ccccc1CC)P(=O)([O-])[O-].[Ni+2].[Ni+2]. The van der Waals surface area contributed by atoms with Crippen molar-refractivity contribution in [3.05, 3.63) is 70.8 Å². The van der Waals surface area contributed by atoms with E-state index in [4.69, 9.17) is 0 Å². The molecule has 0 aliphatic carbocycles. The Kier molecular flexibility index (Phi) is 25.0. The van der Waals surface area contributed by atoms with Crippen molar-refractivity contribution >= 4 is 15.2 Å². The minimum atomic E-state index is -4.70. The summed E-state index contributed by atoms with van der Waals surface area (Å²) >= 11 is 0. The van der Waals surface area contributed by atoms with Gasteiger partial charge < -0.3 is 39.3 Å². The Bertz CT molecular complexity index is 984. The van der Waals surface area contributed by atoms with Gasteiger partial charge in [-0.3, -0.25) is 0 Å². The number of rotatable bonds is 18. The van der Waals surface area contributed by atoms with Crippen LogP contribution < -0.4 is 30.2 Å². The second kappa shape index (κ2) is 24.0. The number of hydrogen-bond donors (Lipinski definition) is 2. The molecule has 2 atom stereocenters. The van der Waals surface area contributed by atoms with Crippen LogP contribution in [-0.4, -0.2) is 13.1 Å². The number of unbranched alkanes of at least 4 members (excludes halogenated alkanes) is 6. The first-order chi connectivity index (χ1) is 19.0. The Balaban J connectivity index is 0. The molecule has 42 heavy (non-hydrogen) atoms. The molecule has 2 aromatic carbocycles. The van der Waals surface area contributed by atoms with Gasteiger partial charge in [0, 0.05) is 0 Å². The van der Waals surface area contributed by atoms with Crippen LogP contribution in [0.3, 0.4) is 0 Å². The normalized spacial score (nSPS) is 12.8. The molecule has 0 amide bonds. The Hall–Kier alpha value is -0.353. The molecule has 0 saturated carbocycles. The fourth-order valence-corrected chi connectivity index (χ4v) is 6.50. The van der Waals surface area contributed by atoms with E-state index in [2.05, 4.69) is 24.5 Å². The van der Waals surface area contributed by atoms with Crippen molar-refractivity contribution in [2.75, 3.05) is 13.1 Å². The monoisotopic (exact) mass is 710 g/mol. The van der Waals surface area contributed by atoms with Crippen LogP contribution in [0.15, 0.2) is 48.5 Å². The van der Waals surface area contributed by atoms with E-state index < -0.39 is 26.8 Å². The van der Waals surface area contributed by atoms with E-state index in [1.165, 1.54) is 0 Å². The molecule has 0 aromatic heterocycles. The summed E-state index contributed by atoms with van der Waals surface area (Å²) in [6.45, 7) is 9.26. The van der Waals surface area contributed by atoms with Gasteiger partial charge in [-0.1, -0.05) is 115 Å². The van der Waals surface area contributed by atoms with E-state index in [9.17, 15) is 28.7 Å². The number of nitrogens with one attached hydrogen (secondary N) is 2. The molecule has 8 nitrogen and oxygen atoms in total. The first-order valence-electron chi connectivity index (χ1n) is 14.7. The van der Waals surface area contributed by atoms with Gasteiger partial charge in [0.05, 0.1) is 11.6 Å². The quantitative estimate of drug-likeness (QED) is 0.129. The molecule has 0 saturated heterocycles. The van der Waals surface area contributed by atoms with Crippen LogP contribution in [-0.2, 0) is 55.0 Å². The van der Waals surface area contributed by atoms with Crippen LogP contribution in [0, 0.1) is 0 Å². The Morgan fingerprint density at radius 2 is 0.905 bits per heavy atom. The Morgan fingerprint density at radius 3 is 1.19 bits per heavy atom. The van der Waals surface area contributed by atoms with Crippen molar-refractivity contribution in [2.24, 2.45) is 0 Å². The van der Waals surface area contributed by atoms with E-state index in [1.54, 1.807) is 24.3 Å². The summed E-state index contributed by atoms with van der Waals surface area (Å²) in [4.78, 5) is 46.1. The summed E-state index contributed by atoms with van der Waals surface area (Å²) in [5.74, 6) is -2.22. The molecule has 12 heteroatoms. The molecule has 0 aliphatic rings. The molecule has 2 rings (SSSR count). The van der Waals surface area contributed by atoms with Gasteiger partial charge in [0.1, 0.15) is 0 Å². The van der Waals surface area contributed by atoms with Gasteiger partial charge >= 0.3 is 33.0 Å². The van der Waals surface area contributed by atoms with Crippen LogP contribution in [0.25, 0.3) is 0 Å². The second-order valence-electron chi connectivity index (χ2n) is 10.0. The topological polar surface area (TPSA) is 150 Å². The van der Waals surface area contributed by atoms with Crippen molar-refractivity contribution in [1.82, 2.24) is 10.6 Å². The van der Waals surface area contributed by atoms with Gasteiger partial charge in [-0.05, 0) is 76.2 Å². The van der Waals surface area contributed by atoms with Gasteiger partial charge in [0.25, 0.3) is 0 Å². The number of aryl methyl sites for hydroxylation is 2. The molecule has 0 fully saturated rings. The summed E-state index contributed by atoms with van der Waals surface area (Å²) in [5.41, 5.74) is 3.01. The summed E-state index contributed by atoms with van der Waals surface area (Å²) in [6.07, 6.45) is 9.81. The Morgan fingerprint density at radius 1 is 0.571 bits per heavy atom. The van der Waals surface area contributed by atoms with Crippen molar-refractivity contribution in [3.63, 3.8) is 0 Å². The molecule has 0 aliphatic heterocycles. The molecule has 0 bridgehead atoms. The van der Waals surface area contributed by atoms with Crippen molar-refractivity contribution in [2.45, 2.75) is 103 Å². The first kappa shape index (κ1) is 43.8. The molecule has 0 spiro atoms. The molecule has 2 unspecified atom stereocenters. The third-order valence-electron chi connectivity index (χ3n) is 6.83. The molecule has 2 aromatic rings. The van der Waals surface area contributed by atoms with Crippen LogP contribution in [0.2, 0.25) is 0 Å². The van der Waals surface area contributed by atoms with E-state index in [0.717, 1.165) is 62.5 Å². The molecule has 2 N–H and O–H groups in total. The van der Waals surface area contributed by atoms with Gasteiger partial charge in [-0.2, -0.15) is 0 Å². The Labute approximate surface area is 273 Å². The maximum atomic E-state index is 11.5. The minimum Gasteiger partial charge on any atom is -0.809 e. The van der Waals surface area contributed by atoms with Crippen molar-refractivity contribution in [3.8, 4) is 0 Å². The van der Waals surface area contributed by atoms with E-state index in [1.807, 2.05) is 38.1 Å². The maximum absolute atomic E-state index is 11.5. The predicted octanol–water partition coefficient (Wildman–Crippen LogP) is 4.66. The zero-order chi connectivity index (χ0) is 30.0. The summed E-state index contributed by atoms with van der Waals surface area (Å²) in [6, 6.07) is 14.5. The minimum absolute atomic E-state index is 0. The third-order valence-corrected chi connectivity index (χ3v) is 9.02. The van der Waals surface area contributed by atoms with E-state index >= 15 is 0 Å². The molecule has 0 radical (unpaired) electrons. The zero-order valence-corrected chi connectivity index (χ0v) is 29.0. The molecular formula is C30H48N2Ni2O6P2. The van der Waals surface area contributed by atoms with Crippen molar-refractivity contribution < 1.29 is 61.7 Å². The molecule has 0 heterocycles. The van der Waals surface area contributed by atoms with Crippen LogP contribution in [0.5, 0.6) is 0 Å². The van der Waals surface area contributed by atoms with Crippen molar-refractivity contribution in [1.29, 1.82) is 0 Å². The smallest absolute Gasteiger partial charge is 0.809 e. The number of benzene rings is 2. The average molecular weight is 712 g/mol. The fraction of sp³-hybridized carbons (Fsp3) is 0.600. The average Bonchev–Trinajstić information content (AvgIpc) is 2.91. The second-order valence-corrected chi connectivity index (χ2v) is 13.2. The standard InChI is InChI=1S/2C15H26NO3P.2Ni/c2*1-3-5-6-9-12-16-15(20(17,18)19)14-11-8-7-10-13(14)4-2;;/h2*7-8,10-11,15-16H,3-6,9,12H2,1-2H3,(H2,17,18,19);;/q;;2*+2/p-4. The summed E-state index contributed by atoms with van der Waals surface area (Å²) in [5, 5.41) is 5.84. The predicted molar refractivity (Wildman–Crippen MR) is 157 cm³/mol. The van der Waals surface area contributed by atoms with Crippen LogP contribution in [0.1, 0.15) is 113 Å². The van der Waals surface area contributed by atoms with Gasteiger partial charge in [0.15, 0.2) is 0 Å². The van der Waals surface area contributed by atoms with E-state index in [0.29, 0.717) is 37.1 Å². The van der Waals surface area contributed by atoms with Gasteiger partial charge in [-0.25, -0.2) is 0 Å². The zero-order valence-electron chi connectivity index (χ0n) is 25.2. The van der Waals surface area contributed by atoms with E-state index in [-0.39, 0.29) is 33.0 Å². The largest absolute Gasteiger partial charge is 2.00 e. The molecular weight excluding hydrogens is 664 g/mol. The first-order valence-corrected chi connectivity index (χ1v) is 17.9. The molecule has 244 valence electrons. The fourth-order valence-electron chi connectivity index (χ4n) is 4.61. The maximum Gasteiger partial charge on any atom is 2.00 e.